The molecule has 166 valence electrons. The molecule has 3 aromatic carbocycles. The van der Waals surface area contributed by atoms with Crippen LogP contribution in [0.1, 0.15) is 27.6 Å². The summed E-state index contributed by atoms with van der Waals surface area (Å²) in [6.45, 7) is 1.82. The summed E-state index contributed by atoms with van der Waals surface area (Å²) in [5, 5.41) is 8.20. The van der Waals surface area contributed by atoms with E-state index < -0.39 is 28.0 Å². The van der Waals surface area contributed by atoms with E-state index in [0.29, 0.717) is 16.3 Å². The Morgan fingerprint density at radius 2 is 1.66 bits per heavy atom. The van der Waals surface area contributed by atoms with Gasteiger partial charge in [0.25, 0.3) is 5.91 Å². The molecule has 0 aromatic heterocycles. The molecule has 0 bridgehead atoms. The first-order valence-corrected chi connectivity index (χ1v) is 11.5. The molecule has 1 atom stereocenters. The monoisotopic (exact) mass is 492 g/mol. The summed E-state index contributed by atoms with van der Waals surface area (Å²) >= 11 is 12.2. The zero-order valence-electron chi connectivity index (χ0n) is 16.7. The van der Waals surface area contributed by atoms with Crippen molar-refractivity contribution in [3.8, 4) is 0 Å². The van der Waals surface area contributed by atoms with Crippen molar-refractivity contribution >= 4 is 50.8 Å². The van der Waals surface area contributed by atoms with Crippen LogP contribution in [0.4, 0.5) is 5.69 Å². The van der Waals surface area contributed by atoms with Gasteiger partial charge in [-0.1, -0.05) is 59.6 Å². The summed E-state index contributed by atoms with van der Waals surface area (Å²) in [6, 6.07) is 16.7. The van der Waals surface area contributed by atoms with Crippen LogP contribution in [0.2, 0.25) is 10.0 Å². The molecular weight excluding hydrogens is 475 g/mol. The highest BCUT2D eigenvalue weighted by Gasteiger charge is 2.27. The molecule has 1 unspecified atom stereocenters. The van der Waals surface area contributed by atoms with Crippen LogP contribution in [0.5, 0.6) is 0 Å². The first-order chi connectivity index (χ1) is 15.1. The van der Waals surface area contributed by atoms with Crippen molar-refractivity contribution in [2.24, 2.45) is 5.14 Å². The molecule has 0 saturated heterocycles. The summed E-state index contributed by atoms with van der Waals surface area (Å²) in [6.07, 6.45) is -1.35. The molecule has 1 amide bonds. The maximum absolute atomic E-state index is 13.0. The fourth-order valence-electron chi connectivity index (χ4n) is 2.79. The molecule has 0 aliphatic heterocycles. The lowest BCUT2D eigenvalue weighted by Crippen LogP contribution is -2.26. The van der Waals surface area contributed by atoms with Crippen LogP contribution in [0.3, 0.4) is 0 Å². The predicted molar refractivity (Wildman–Crippen MR) is 122 cm³/mol. The highest BCUT2D eigenvalue weighted by atomic mass is 35.5. The van der Waals surface area contributed by atoms with E-state index in [0.717, 1.165) is 17.7 Å². The maximum Gasteiger partial charge on any atom is 0.340 e. The third kappa shape index (κ3) is 5.66. The van der Waals surface area contributed by atoms with Crippen LogP contribution < -0.4 is 10.5 Å². The number of aryl methyl sites for hydroxylation is 1. The lowest BCUT2D eigenvalue weighted by molar-refractivity contribution is -0.125. The Morgan fingerprint density at radius 3 is 2.28 bits per heavy atom. The van der Waals surface area contributed by atoms with Gasteiger partial charge in [0.1, 0.15) is 0 Å². The Morgan fingerprint density at radius 1 is 0.969 bits per heavy atom. The molecular formula is C22H18Cl2N2O5S. The van der Waals surface area contributed by atoms with Crippen LogP contribution in [0.15, 0.2) is 71.6 Å². The molecule has 0 saturated carbocycles. The lowest BCUT2D eigenvalue weighted by Gasteiger charge is -2.19. The minimum atomic E-state index is -4.08. The number of anilines is 1. The molecule has 3 aromatic rings. The van der Waals surface area contributed by atoms with E-state index in [-0.39, 0.29) is 15.5 Å². The number of rotatable bonds is 6. The number of amides is 1. The van der Waals surface area contributed by atoms with Crippen molar-refractivity contribution in [3.63, 3.8) is 0 Å². The van der Waals surface area contributed by atoms with E-state index in [4.69, 9.17) is 33.1 Å². The van der Waals surface area contributed by atoms with Gasteiger partial charge in [0.2, 0.25) is 16.1 Å². The zero-order chi connectivity index (χ0) is 23.5. The number of esters is 1. The Labute approximate surface area is 195 Å². The second-order valence-electron chi connectivity index (χ2n) is 6.84. The molecule has 0 aliphatic carbocycles. The number of nitrogens with two attached hydrogens (primary N) is 1. The SMILES string of the molecule is Cc1ccc(NC(=O)C(OC(=O)c2cc(S(N)(=O)=O)ccc2Cl)c2ccccc2)cc1Cl. The number of ether oxygens (including phenoxy) is 1. The Hall–Kier alpha value is -2.91. The van der Waals surface area contributed by atoms with E-state index in [9.17, 15) is 18.0 Å². The summed E-state index contributed by atoms with van der Waals surface area (Å²) in [5.74, 6) is -1.63. The molecule has 3 rings (SSSR count). The second-order valence-corrected chi connectivity index (χ2v) is 9.21. The van der Waals surface area contributed by atoms with Gasteiger partial charge in [0.05, 0.1) is 15.5 Å². The number of hydrogen-bond acceptors (Lipinski definition) is 5. The van der Waals surface area contributed by atoms with Gasteiger partial charge in [-0.05, 0) is 42.8 Å². The van der Waals surface area contributed by atoms with Gasteiger partial charge in [-0.15, -0.1) is 0 Å². The predicted octanol–water partition coefficient (Wildman–Crippen LogP) is 4.49. The number of carbonyl (C=O) groups excluding carboxylic acids is 2. The minimum Gasteiger partial charge on any atom is -0.444 e. The second kappa shape index (κ2) is 9.70. The average molecular weight is 493 g/mol. The Bertz CT molecular complexity index is 1280. The molecule has 32 heavy (non-hydrogen) atoms. The number of halogens is 2. The van der Waals surface area contributed by atoms with E-state index in [1.165, 1.54) is 6.07 Å². The standard InChI is InChI=1S/C22H18Cl2N2O5S/c1-13-7-8-15(11-19(13)24)26-21(27)20(14-5-3-2-4-6-14)31-22(28)17-12-16(32(25,29)30)9-10-18(17)23/h2-12,20H,1H3,(H,26,27)(H2,25,29,30). The van der Waals surface area contributed by atoms with Crippen LogP contribution >= 0.6 is 23.2 Å². The van der Waals surface area contributed by atoms with Crippen molar-refractivity contribution in [3.05, 3.63) is 93.5 Å². The summed E-state index contributed by atoms with van der Waals surface area (Å²) in [5.41, 5.74) is 1.40. The third-order valence-corrected chi connectivity index (χ3v) is 6.14. The summed E-state index contributed by atoms with van der Waals surface area (Å²) < 4.78 is 28.7. The number of nitrogens with one attached hydrogen (secondary N) is 1. The van der Waals surface area contributed by atoms with E-state index in [1.807, 2.05) is 6.92 Å². The largest absolute Gasteiger partial charge is 0.444 e. The smallest absolute Gasteiger partial charge is 0.340 e. The molecule has 0 fully saturated rings. The van der Waals surface area contributed by atoms with E-state index >= 15 is 0 Å². The lowest BCUT2D eigenvalue weighted by atomic mass is 10.1. The van der Waals surface area contributed by atoms with Gasteiger partial charge in [0.15, 0.2) is 0 Å². The first-order valence-electron chi connectivity index (χ1n) is 9.21. The van der Waals surface area contributed by atoms with Crippen molar-refractivity contribution in [1.82, 2.24) is 0 Å². The van der Waals surface area contributed by atoms with E-state index in [1.54, 1.807) is 48.5 Å². The average Bonchev–Trinajstić information content (AvgIpc) is 2.74. The van der Waals surface area contributed by atoms with Crippen LogP contribution in [0, 0.1) is 6.92 Å². The maximum atomic E-state index is 13.0. The van der Waals surface area contributed by atoms with Crippen LogP contribution in [-0.4, -0.2) is 20.3 Å². The van der Waals surface area contributed by atoms with Gasteiger partial charge in [-0.25, -0.2) is 18.4 Å². The summed E-state index contributed by atoms with van der Waals surface area (Å²) in [7, 11) is -4.08. The molecule has 10 heteroatoms. The van der Waals surface area contributed by atoms with Gasteiger partial charge >= 0.3 is 5.97 Å². The molecule has 0 aliphatic rings. The number of sulfonamides is 1. The number of benzene rings is 3. The first kappa shape index (κ1) is 23.7. The quantitative estimate of drug-likeness (QED) is 0.491. The van der Waals surface area contributed by atoms with Crippen molar-refractivity contribution < 1.29 is 22.7 Å². The Kier molecular flexibility index (Phi) is 7.20. The molecule has 0 heterocycles. The fourth-order valence-corrected chi connectivity index (χ4v) is 3.70. The van der Waals surface area contributed by atoms with E-state index in [2.05, 4.69) is 5.32 Å². The van der Waals surface area contributed by atoms with Crippen LogP contribution in [-0.2, 0) is 19.6 Å². The molecule has 7 nitrogen and oxygen atoms in total. The number of carbonyl (C=O) groups is 2. The van der Waals surface area contributed by atoms with Crippen LogP contribution in [0.25, 0.3) is 0 Å². The van der Waals surface area contributed by atoms with Gasteiger partial charge in [-0.2, -0.15) is 0 Å². The van der Waals surface area contributed by atoms with Gasteiger partial charge in [0, 0.05) is 16.3 Å². The molecule has 0 spiro atoms. The summed E-state index contributed by atoms with van der Waals surface area (Å²) in [4.78, 5) is 25.5. The number of primary sulfonamides is 1. The fraction of sp³-hybridized carbons (Fsp3) is 0.0909. The highest BCUT2D eigenvalue weighted by molar-refractivity contribution is 7.89. The topological polar surface area (TPSA) is 116 Å². The number of hydrogen-bond donors (Lipinski definition) is 2. The molecule has 3 N–H and O–H groups in total. The molecule has 0 radical (unpaired) electrons. The zero-order valence-corrected chi connectivity index (χ0v) is 19.0. The Balaban J connectivity index is 1.93. The highest BCUT2D eigenvalue weighted by Crippen LogP contribution is 2.27. The van der Waals surface area contributed by atoms with Crippen molar-refractivity contribution in [2.75, 3.05) is 5.32 Å². The van der Waals surface area contributed by atoms with Crippen molar-refractivity contribution in [2.45, 2.75) is 17.9 Å². The third-order valence-electron chi connectivity index (χ3n) is 4.49. The van der Waals surface area contributed by atoms with Crippen molar-refractivity contribution in [1.29, 1.82) is 0 Å². The normalized spacial score (nSPS) is 12.1. The van der Waals surface area contributed by atoms with Gasteiger partial charge in [-0.3, -0.25) is 4.79 Å². The minimum absolute atomic E-state index is 0.0556. The van der Waals surface area contributed by atoms with Gasteiger partial charge < -0.3 is 10.1 Å².